The Bertz CT molecular complexity index is 845. The minimum atomic E-state index is -3.92. The van der Waals surface area contributed by atoms with Crippen LogP contribution in [0.15, 0.2) is 27.6 Å². The minimum Gasteiger partial charge on any atom is -0.460 e. The molecule has 1 N–H and O–H groups in total. The average molecular weight is 393 g/mol. The predicted molar refractivity (Wildman–Crippen MR) is 87.4 cm³/mol. The normalized spacial score (nSPS) is 11.5. The van der Waals surface area contributed by atoms with E-state index in [4.69, 9.17) is 32.5 Å². The Kier molecular flexibility index (Phi) is 5.87. The van der Waals surface area contributed by atoms with Gasteiger partial charge in [0, 0.05) is 15.6 Å². The fourth-order valence-corrected chi connectivity index (χ4v) is 3.69. The highest BCUT2D eigenvalue weighted by molar-refractivity contribution is 7.89. The molecule has 2 rings (SSSR count). The van der Waals surface area contributed by atoms with Crippen LogP contribution in [0.25, 0.3) is 0 Å². The molecule has 0 aliphatic heterocycles. The standard InChI is InChI=1S/C14H14Cl2N2O5S/c1-8-14(9(2)23-18-8)24(20,21)17-6-13(19)22-7-10-3-4-11(15)5-12(10)16/h3-5,17H,6-7H2,1-2H3. The summed E-state index contributed by atoms with van der Waals surface area (Å²) in [4.78, 5) is 11.6. The molecule has 0 aliphatic carbocycles. The highest BCUT2D eigenvalue weighted by Crippen LogP contribution is 2.21. The van der Waals surface area contributed by atoms with Gasteiger partial charge < -0.3 is 9.26 Å². The summed E-state index contributed by atoms with van der Waals surface area (Å²) < 4.78 is 36.2. The van der Waals surface area contributed by atoms with Crippen LogP contribution in [-0.4, -0.2) is 26.1 Å². The number of rotatable bonds is 6. The lowest BCUT2D eigenvalue weighted by atomic mass is 10.2. The third-order valence-electron chi connectivity index (χ3n) is 3.05. The van der Waals surface area contributed by atoms with Crippen LogP contribution in [0.5, 0.6) is 0 Å². The quantitative estimate of drug-likeness (QED) is 0.758. The zero-order valence-electron chi connectivity index (χ0n) is 12.8. The first-order valence-electron chi connectivity index (χ1n) is 6.73. The molecule has 0 saturated carbocycles. The highest BCUT2D eigenvalue weighted by atomic mass is 35.5. The molecule has 0 saturated heterocycles. The molecular formula is C14H14Cl2N2O5S. The molecular weight excluding hydrogens is 379 g/mol. The van der Waals surface area contributed by atoms with Crippen molar-refractivity contribution < 1.29 is 22.5 Å². The lowest BCUT2D eigenvalue weighted by Gasteiger charge is -2.08. The Balaban J connectivity index is 1.93. The molecule has 0 radical (unpaired) electrons. The molecule has 1 heterocycles. The Morgan fingerprint density at radius 3 is 2.62 bits per heavy atom. The first-order valence-corrected chi connectivity index (χ1v) is 8.96. The van der Waals surface area contributed by atoms with Gasteiger partial charge in [0.25, 0.3) is 0 Å². The third kappa shape index (κ3) is 4.47. The monoisotopic (exact) mass is 392 g/mol. The summed E-state index contributed by atoms with van der Waals surface area (Å²) >= 11 is 11.7. The van der Waals surface area contributed by atoms with Gasteiger partial charge in [0.1, 0.15) is 23.7 Å². The molecule has 130 valence electrons. The van der Waals surface area contributed by atoms with Crippen LogP contribution in [-0.2, 0) is 26.2 Å². The highest BCUT2D eigenvalue weighted by Gasteiger charge is 2.24. The van der Waals surface area contributed by atoms with Crippen molar-refractivity contribution in [3.63, 3.8) is 0 Å². The van der Waals surface area contributed by atoms with E-state index in [1.54, 1.807) is 12.1 Å². The molecule has 0 fully saturated rings. The molecule has 0 amide bonds. The predicted octanol–water partition coefficient (Wildman–Crippen LogP) is 2.62. The summed E-state index contributed by atoms with van der Waals surface area (Å²) in [5.74, 6) is -0.613. The van der Waals surface area contributed by atoms with E-state index in [0.29, 0.717) is 15.6 Å². The zero-order chi connectivity index (χ0) is 17.9. The zero-order valence-corrected chi connectivity index (χ0v) is 15.1. The van der Waals surface area contributed by atoms with E-state index in [-0.39, 0.29) is 23.0 Å². The van der Waals surface area contributed by atoms with Crippen molar-refractivity contribution in [3.8, 4) is 0 Å². The number of hydrogen-bond acceptors (Lipinski definition) is 6. The summed E-state index contributed by atoms with van der Waals surface area (Å²) in [6, 6.07) is 4.75. The number of aromatic nitrogens is 1. The van der Waals surface area contributed by atoms with E-state index in [9.17, 15) is 13.2 Å². The van der Waals surface area contributed by atoms with Gasteiger partial charge in [-0.3, -0.25) is 4.79 Å². The fraction of sp³-hybridized carbons (Fsp3) is 0.286. The van der Waals surface area contributed by atoms with Gasteiger partial charge in [-0.05, 0) is 26.0 Å². The van der Waals surface area contributed by atoms with Gasteiger partial charge in [-0.2, -0.15) is 4.72 Å². The van der Waals surface area contributed by atoms with Crippen molar-refractivity contribution in [1.29, 1.82) is 0 Å². The van der Waals surface area contributed by atoms with Crippen LogP contribution >= 0.6 is 23.2 Å². The number of nitrogens with zero attached hydrogens (tertiary/aromatic N) is 1. The molecule has 7 nitrogen and oxygen atoms in total. The molecule has 0 spiro atoms. The van der Waals surface area contributed by atoms with Gasteiger partial charge in [-0.15, -0.1) is 0 Å². The van der Waals surface area contributed by atoms with Crippen molar-refractivity contribution >= 4 is 39.2 Å². The maximum atomic E-state index is 12.2. The van der Waals surface area contributed by atoms with Crippen LogP contribution in [0.3, 0.4) is 0 Å². The lowest BCUT2D eigenvalue weighted by Crippen LogP contribution is -2.31. The number of nitrogens with one attached hydrogen (secondary N) is 1. The second kappa shape index (κ2) is 7.52. The summed E-state index contributed by atoms with van der Waals surface area (Å²) in [5.41, 5.74) is 0.768. The molecule has 2 aromatic rings. The largest absolute Gasteiger partial charge is 0.460 e. The van der Waals surface area contributed by atoms with Crippen LogP contribution in [0.2, 0.25) is 10.0 Å². The van der Waals surface area contributed by atoms with Gasteiger partial charge in [0.05, 0.1) is 0 Å². The summed E-state index contributed by atoms with van der Waals surface area (Å²) in [7, 11) is -3.92. The van der Waals surface area contributed by atoms with Crippen molar-refractivity contribution in [3.05, 3.63) is 45.3 Å². The number of aryl methyl sites for hydroxylation is 2. The van der Waals surface area contributed by atoms with Gasteiger partial charge in [0.2, 0.25) is 10.0 Å². The van der Waals surface area contributed by atoms with E-state index >= 15 is 0 Å². The number of benzene rings is 1. The Hall–Kier alpha value is -1.61. The second-order valence-corrected chi connectivity index (χ2v) is 7.42. The number of esters is 1. The van der Waals surface area contributed by atoms with Gasteiger partial charge in [-0.25, -0.2) is 8.42 Å². The second-order valence-electron chi connectivity index (χ2n) is 4.87. The molecule has 1 aromatic heterocycles. The molecule has 0 atom stereocenters. The van der Waals surface area contributed by atoms with Crippen LogP contribution in [0.4, 0.5) is 0 Å². The number of halogens is 2. The maximum Gasteiger partial charge on any atom is 0.321 e. The Morgan fingerprint density at radius 1 is 1.33 bits per heavy atom. The summed E-state index contributed by atoms with van der Waals surface area (Å²) in [6.45, 7) is 2.33. The number of ether oxygens (including phenoxy) is 1. The minimum absolute atomic E-state index is 0.0870. The first-order chi connectivity index (χ1) is 11.2. The smallest absolute Gasteiger partial charge is 0.321 e. The maximum absolute atomic E-state index is 12.2. The topological polar surface area (TPSA) is 98.5 Å². The van der Waals surface area contributed by atoms with E-state index in [0.717, 1.165) is 0 Å². The fourth-order valence-electron chi connectivity index (χ4n) is 1.93. The SMILES string of the molecule is Cc1noc(C)c1S(=O)(=O)NCC(=O)OCc1ccc(Cl)cc1Cl. The average Bonchev–Trinajstić information content (AvgIpc) is 2.84. The number of carbonyl (C=O) groups excluding carboxylic acids is 1. The van der Waals surface area contributed by atoms with Crippen molar-refractivity contribution in [1.82, 2.24) is 9.88 Å². The van der Waals surface area contributed by atoms with Crippen molar-refractivity contribution in [2.45, 2.75) is 25.3 Å². The first kappa shape index (κ1) is 18.7. The van der Waals surface area contributed by atoms with Gasteiger partial charge in [-0.1, -0.05) is 34.4 Å². The van der Waals surface area contributed by atoms with Crippen LogP contribution in [0, 0.1) is 13.8 Å². The van der Waals surface area contributed by atoms with Gasteiger partial charge in [0.15, 0.2) is 5.76 Å². The van der Waals surface area contributed by atoms with Gasteiger partial charge >= 0.3 is 5.97 Å². The molecule has 1 aromatic carbocycles. The molecule has 10 heteroatoms. The summed E-state index contributed by atoms with van der Waals surface area (Å²) in [6.07, 6.45) is 0. The molecule has 24 heavy (non-hydrogen) atoms. The van der Waals surface area contributed by atoms with E-state index in [1.165, 1.54) is 19.9 Å². The van der Waals surface area contributed by atoms with E-state index in [1.807, 2.05) is 0 Å². The number of carbonyl (C=O) groups is 1. The summed E-state index contributed by atoms with van der Waals surface area (Å²) in [5, 5.41) is 4.38. The molecule has 0 aliphatic rings. The lowest BCUT2D eigenvalue weighted by molar-refractivity contribution is -0.143. The van der Waals surface area contributed by atoms with Crippen molar-refractivity contribution in [2.75, 3.05) is 6.54 Å². The van der Waals surface area contributed by atoms with E-state index < -0.39 is 22.5 Å². The number of hydrogen-bond donors (Lipinski definition) is 1. The third-order valence-corrected chi connectivity index (χ3v) is 5.28. The van der Waals surface area contributed by atoms with Crippen molar-refractivity contribution in [2.24, 2.45) is 0 Å². The Labute approximate surface area is 148 Å². The Morgan fingerprint density at radius 2 is 2.04 bits per heavy atom. The van der Waals surface area contributed by atoms with Crippen LogP contribution in [0.1, 0.15) is 17.0 Å². The van der Waals surface area contributed by atoms with Crippen LogP contribution < -0.4 is 4.72 Å². The molecule has 0 bridgehead atoms. The molecule has 0 unspecified atom stereocenters. The number of sulfonamides is 1. The van der Waals surface area contributed by atoms with E-state index in [2.05, 4.69) is 9.88 Å².